The van der Waals surface area contributed by atoms with Crippen LogP contribution < -0.4 is 5.32 Å². The zero-order valence-corrected chi connectivity index (χ0v) is 14.4. The molecule has 0 aromatic heterocycles. The average molecular weight is 326 g/mol. The quantitative estimate of drug-likeness (QED) is 0.757. The predicted octanol–water partition coefficient (Wildman–Crippen LogP) is 3.24. The van der Waals surface area contributed by atoms with Crippen LogP contribution in [0.3, 0.4) is 0 Å². The van der Waals surface area contributed by atoms with Crippen LogP contribution >= 0.6 is 0 Å². The third-order valence-corrected chi connectivity index (χ3v) is 5.25. The SMILES string of the molecule is CCCCN(CCCC)S(=O)(=O)c1ccc(NC(C)=O)cc1. The first kappa shape index (κ1) is 18.6. The monoisotopic (exact) mass is 326 g/mol. The molecule has 22 heavy (non-hydrogen) atoms. The molecule has 0 aliphatic heterocycles. The summed E-state index contributed by atoms with van der Waals surface area (Å²) in [7, 11) is -3.47. The predicted molar refractivity (Wildman–Crippen MR) is 89.3 cm³/mol. The lowest BCUT2D eigenvalue weighted by atomic mass is 10.3. The molecule has 1 amide bonds. The molecule has 124 valence electrons. The molecule has 0 saturated heterocycles. The minimum Gasteiger partial charge on any atom is -0.326 e. The van der Waals surface area contributed by atoms with Crippen molar-refractivity contribution in [1.82, 2.24) is 4.31 Å². The van der Waals surface area contributed by atoms with E-state index in [-0.39, 0.29) is 10.8 Å². The van der Waals surface area contributed by atoms with Crippen LogP contribution in [0.4, 0.5) is 5.69 Å². The summed E-state index contributed by atoms with van der Waals surface area (Å²) in [4.78, 5) is 11.3. The van der Waals surface area contributed by atoms with Crippen molar-refractivity contribution in [3.05, 3.63) is 24.3 Å². The maximum atomic E-state index is 12.7. The van der Waals surface area contributed by atoms with E-state index in [0.29, 0.717) is 18.8 Å². The second-order valence-electron chi connectivity index (χ2n) is 5.32. The highest BCUT2D eigenvalue weighted by Gasteiger charge is 2.23. The molecule has 1 rings (SSSR count). The number of hydrogen-bond donors (Lipinski definition) is 1. The van der Waals surface area contributed by atoms with Gasteiger partial charge in [0.2, 0.25) is 15.9 Å². The molecule has 0 radical (unpaired) electrons. The summed E-state index contributed by atoms with van der Waals surface area (Å²) in [5, 5.41) is 2.63. The molecule has 5 nitrogen and oxygen atoms in total. The van der Waals surface area contributed by atoms with Crippen LogP contribution in [0.5, 0.6) is 0 Å². The summed E-state index contributed by atoms with van der Waals surface area (Å²) in [6.45, 7) is 6.61. The number of hydrogen-bond acceptors (Lipinski definition) is 3. The van der Waals surface area contributed by atoms with E-state index in [1.54, 1.807) is 28.6 Å². The minimum atomic E-state index is -3.47. The molecule has 0 unspecified atom stereocenters. The molecule has 1 aromatic carbocycles. The largest absolute Gasteiger partial charge is 0.326 e. The van der Waals surface area contributed by atoms with E-state index in [1.807, 2.05) is 13.8 Å². The topological polar surface area (TPSA) is 66.5 Å². The van der Waals surface area contributed by atoms with Gasteiger partial charge in [0, 0.05) is 25.7 Å². The molecule has 0 bridgehead atoms. The van der Waals surface area contributed by atoms with Crippen LogP contribution in [0, 0.1) is 0 Å². The van der Waals surface area contributed by atoms with Crippen molar-refractivity contribution in [2.24, 2.45) is 0 Å². The van der Waals surface area contributed by atoms with E-state index in [2.05, 4.69) is 5.32 Å². The van der Waals surface area contributed by atoms with Crippen molar-refractivity contribution in [3.8, 4) is 0 Å². The Labute approximate surface area is 133 Å². The molecule has 0 aliphatic carbocycles. The van der Waals surface area contributed by atoms with E-state index in [4.69, 9.17) is 0 Å². The van der Waals surface area contributed by atoms with Gasteiger partial charge in [0.1, 0.15) is 0 Å². The molecule has 0 saturated carbocycles. The van der Waals surface area contributed by atoms with Gasteiger partial charge in [-0.15, -0.1) is 0 Å². The third kappa shape index (κ3) is 5.42. The Bertz CT molecular complexity index is 560. The van der Waals surface area contributed by atoms with Crippen molar-refractivity contribution >= 4 is 21.6 Å². The number of sulfonamides is 1. The van der Waals surface area contributed by atoms with Crippen LogP contribution in [0.15, 0.2) is 29.2 Å². The number of anilines is 1. The Morgan fingerprint density at radius 2 is 1.55 bits per heavy atom. The number of unbranched alkanes of at least 4 members (excludes halogenated alkanes) is 2. The molecule has 0 fully saturated rings. The van der Waals surface area contributed by atoms with Gasteiger partial charge in [0.05, 0.1) is 4.90 Å². The van der Waals surface area contributed by atoms with Crippen LogP contribution in [0.2, 0.25) is 0 Å². The van der Waals surface area contributed by atoms with Crippen molar-refractivity contribution in [1.29, 1.82) is 0 Å². The van der Waals surface area contributed by atoms with E-state index >= 15 is 0 Å². The van der Waals surface area contributed by atoms with E-state index < -0.39 is 10.0 Å². The number of carbonyl (C=O) groups excluding carboxylic acids is 1. The highest BCUT2D eigenvalue weighted by atomic mass is 32.2. The van der Waals surface area contributed by atoms with Crippen LogP contribution in [-0.4, -0.2) is 31.7 Å². The number of rotatable bonds is 9. The number of benzene rings is 1. The lowest BCUT2D eigenvalue weighted by molar-refractivity contribution is -0.114. The average Bonchev–Trinajstić information content (AvgIpc) is 2.47. The number of nitrogens with zero attached hydrogens (tertiary/aromatic N) is 1. The van der Waals surface area contributed by atoms with Gasteiger partial charge >= 0.3 is 0 Å². The van der Waals surface area contributed by atoms with Crippen molar-refractivity contribution in [2.45, 2.75) is 51.3 Å². The number of amides is 1. The second-order valence-corrected chi connectivity index (χ2v) is 7.25. The Hall–Kier alpha value is -1.40. The summed E-state index contributed by atoms with van der Waals surface area (Å²) < 4.78 is 27.0. The fourth-order valence-electron chi connectivity index (χ4n) is 2.08. The Balaban J connectivity index is 2.94. The zero-order chi connectivity index (χ0) is 16.6. The summed E-state index contributed by atoms with van der Waals surface area (Å²) in [6, 6.07) is 6.33. The highest BCUT2D eigenvalue weighted by molar-refractivity contribution is 7.89. The normalized spacial score (nSPS) is 11.6. The van der Waals surface area contributed by atoms with E-state index in [1.165, 1.54) is 6.92 Å². The minimum absolute atomic E-state index is 0.178. The van der Waals surface area contributed by atoms with Crippen LogP contribution in [0.1, 0.15) is 46.5 Å². The maximum absolute atomic E-state index is 12.7. The lowest BCUT2D eigenvalue weighted by Crippen LogP contribution is -2.33. The molecule has 0 atom stereocenters. The molecule has 1 N–H and O–H groups in total. The van der Waals surface area contributed by atoms with E-state index in [9.17, 15) is 13.2 Å². The van der Waals surface area contributed by atoms with Crippen LogP contribution in [-0.2, 0) is 14.8 Å². The van der Waals surface area contributed by atoms with Gasteiger partial charge in [-0.2, -0.15) is 4.31 Å². The Morgan fingerprint density at radius 3 is 1.95 bits per heavy atom. The summed E-state index contributed by atoms with van der Waals surface area (Å²) >= 11 is 0. The molecule has 6 heteroatoms. The fraction of sp³-hybridized carbons (Fsp3) is 0.562. The standard InChI is InChI=1S/C16H26N2O3S/c1-4-6-12-18(13-7-5-2)22(20,21)16-10-8-15(9-11-16)17-14(3)19/h8-11H,4-7,12-13H2,1-3H3,(H,17,19). The zero-order valence-electron chi connectivity index (χ0n) is 13.6. The van der Waals surface area contributed by atoms with Gasteiger partial charge in [-0.3, -0.25) is 4.79 Å². The van der Waals surface area contributed by atoms with Gasteiger partial charge in [-0.1, -0.05) is 26.7 Å². The van der Waals surface area contributed by atoms with Crippen molar-refractivity contribution in [2.75, 3.05) is 18.4 Å². The molecule has 0 aliphatic rings. The van der Waals surface area contributed by atoms with Crippen molar-refractivity contribution in [3.63, 3.8) is 0 Å². The lowest BCUT2D eigenvalue weighted by Gasteiger charge is -2.22. The first-order valence-corrected chi connectivity index (χ1v) is 9.23. The van der Waals surface area contributed by atoms with Gasteiger partial charge in [-0.25, -0.2) is 8.42 Å². The number of carbonyl (C=O) groups is 1. The summed E-state index contributed by atoms with van der Waals surface area (Å²) in [5.74, 6) is -0.178. The van der Waals surface area contributed by atoms with Gasteiger partial charge in [0.15, 0.2) is 0 Å². The smallest absolute Gasteiger partial charge is 0.243 e. The molecule has 0 heterocycles. The Kier molecular flexibility index (Phi) is 7.55. The van der Waals surface area contributed by atoms with E-state index in [0.717, 1.165) is 25.7 Å². The first-order chi connectivity index (χ1) is 10.4. The number of nitrogens with one attached hydrogen (secondary N) is 1. The maximum Gasteiger partial charge on any atom is 0.243 e. The third-order valence-electron chi connectivity index (χ3n) is 3.33. The van der Waals surface area contributed by atoms with Crippen molar-refractivity contribution < 1.29 is 13.2 Å². The molecular weight excluding hydrogens is 300 g/mol. The first-order valence-electron chi connectivity index (χ1n) is 7.79. The van der Waals surface area contributed by atoms with Gasteiger partial charge in [0.25, 0.3) is 0 Å². The Morgan fingerprint density at radius 1 is 1.05 bits per heavy atom. The van der Waals surface area contributed by atoms with Gasteiger partial charge in [-0.05, 0) is 37.1 Å². The second kappa shape index (κ2) is 8.90. The van der Waals surface area contributed by atoms with Crippen LogP contribution in [0.25, 0.3) is 0 Å². The van der Waals surface area contributed by atoms with Gasteiger partial charge < -0.3 is 5.32 Å². The summed E-state index contributed by atoms with van der Waals surface area (Å²) in [6.07, 6.45) is 3.62. The molecule has 1 aromatic rings. The molecule has 0 spiro atoms. The molecular formula is C16H26N2O3S. The summed E-state index contributed by atoms with van der Waals surface area (Å²) in [5.41, 5.74) is 0.597. The fourth-order valence-corrected chi connectivity index (χ4v) is 3.60. The highest BCUT2D eigenvalue weighted by Crippen LogP contribution is 2.19.